The lowest BCUT2D eigenvalue weighted by Crippen LogP contribution is -2.55. The number of ketones is 2. The quantitative estimate of drug-likeness (QED) is 0.0293. The van der Waals surface area contributed by atoms with Crippen LogP contribution in [-0.2, 0) is 47.8 Å². The first-order chi connectivity index (χ1) is 32.4. The first kappa shape index (κ1) is 57.0. The molecule has 2 aromatic carbocycles. The van der Waals surface area contributed by atoms with Crippen molar-refractivity contribution in [1.29, 1.82) is 0 Å². The number of nitrogens with one attached hydrogen (secondary N) is 8. The van der Waals surface area contributed by atoms with Gasteiger partial charge >= 0.3 is 11.9 Å². The maximum atomic E-state index is 14.2. The molecule has 0 radical (unpaired) electrons. The van der Waals surface area contributed by atoms with Gasteiger partial charge in [-0.1, -0.05) is 0 Å². The molecule has 2 aromatic rings. The zero-order chi connectivity index (χ0) is 53.0. The van der Waals surface area contributed by atoms with Crippen LogP contribution >= 0.6 is 0 Å². The molecule has 24 heteroatoms. The number of benzene rings is 2. The van der Waals surface area contributed by atoms with E-state index in [9.17, 15) is 58.2 Å². The van der Waals surface area contributed by atoms with Crippen LogP contribution in [0.15, 0.2) is 24.3 Å². The number of anilines is 2. The van der Waals surface area contributed by atoms with Crippen molar-refractivity contribution in [2.45, 2.75) is 130 Å². The predicted molar refractivity (Wildman–Crippen MR) is 253 cm³/mol. The number of rotatable bonds is 24. The zero-order valence-corrected chi connectivity index (χ0v) is 41.0. The number of fused-ring (bicyclic) bond motifs is 2. The van der Waals surface area contributed by atoms with Gasteiger partial charge in [0.2, 0.25) is 47.0 Å². The van der Waals surface area contributed by atoms with Crippen LogP contribution in [0.4, 0.5) is 11.4 Å². The number of esters is 2. The topological polar surface area (TPSA) is 378 Å². The van der Waals surface area contributed by atoms with Gasteiger partial charge in [-0.05, 0) is 93.5 Å². The first-order valence-electron chi connectivity index (χ1n) is 22.4. The number of hydrogen-bond acceptors (Lipinski definition) is 18. The van der Waals surface area contributed by atoms with Crippen LogP contribution in [0.25, 0.3) is 0 Å². The molecule has 0 fully saturated rings. The van der Waals surface area contributed by atoms with E-state index in [1.54, 1.807) is 41.5 Å². The number of carbonyl (C=O) groups is 10. The van der Waals surface area contributed by atoms with Crippen molar-refractivity contribution in [1.82, 2.24) is 31.9 Å². The van der Waals surface area contributed by atoms with Crippen molar-refractivity contribution in [2.24, 2.45) is 11.5 Å². The van der Waals surface area contributed by atoms with E-state index in [4.69, 9.17) is 20.9 Å². The molecule has 1 aliphatic carbocycles. The summed E-state index contributed by atoms with van der Waals surface area (Å²) in [6.45, 7) is 15.1. The van der Waals surface area contributed by atoms with Crippen LogP contribution in [0.1, 0.15) is 114 Å². The Labute approximate surface area is 404 Å². The number of amides is 6. The van der Waals surface area contributed by atoms with Crippen molar-refractivity contribution >= 4 is 70.3 Å². The summed E-state index contributed by atoms with van der Waals surface area (Å²) in [7, 11) is 0. The fourth-order valence-corrected chi connectivity index (χ4v) is 6.74. The second kappa shape index (κ2) is 24.3. The van der Waals surface area contributed by atoms with E-state index >= 15 is 0 Å². The molecule has 6 atom stereocenters. The van der Waals surface area contributed by atoms with Gasteiger partial charge in [0.1, 0.15) is 46.9 Å². The van der Waals surface area contributed by atoms with E-state index in [1.165, 1.54) is 39.8 Å². The summed E-state index contributed by atoms with van der Waals surface area (Å²) in [5.74, 6) is -8.81. The SMILES string of the molecule is C[C@H](NC(=O)[C@H](C)NC(=O)[C@H](CC(=O)OC(C)(C)C)NCCNc1ccc(NCCN[C@@H](CC(=O)OC(C)(C)C)C(=O)N[C@@H](C)C(=O)N[C@@H](C)C(N)=O)c2c1C(=O)c1c(O)ccc(O)c1C2=O)C(N)=O. The number of primary amides is 2. The minimum Gasteiger partial charge on any atom is -0.507 e. The molecule has 0 saturated carbocycles. The lowest BCUT2D eigenvalue weighted by atomic mass is 9.81. The van der Waals surface area contributed by atoms with Crippen LogP contribution in [0.5, 0.6) is 11.5 Å². The van der Waals surface area contributed by atoms with E-state index in [1.807, 2.05) is 0 Å². The lowest BCUT2D eigenvalue weighted by Gasteiger charge is -2.26. The third-order valence-electron chi connectivity index (χ3n) is 10.2. The second-order valence-corrected chi connectivity index (χ2v) is 18.6. The Morgan fingerprint density at radius 1 is 0.500 bits per heavy atom. The molecule has 3 rings (SSSR count). The molecule has 24 nitrogen and oxygen atoms in total. The van der Waals surface area contributed by atoms with E-state index in [-0.39, 0.29) is 48.7 Å². The summed E-state index contributed by atoms with van der Waals surface area (Å²) in [5, 5.41) is 43.2. The van der Waals surface area contributed by atoms with Crippen LogP contribution < -0.4 is 54.0 Å². The fourth-order valence-electron chi connectivity index (χ4n) is 6.74. The highest BCUT2D eigenvalue weighted by atomic mass is 16.6. The van der Waals surface area contributed by atoms with Crippen LogP contribution in [0, 0.1) is 0 Å². The van der Waals surface area contributed by atoms with Gasteiger partial charge in [-0.2, -0.15) is 0 Å². The number of phenolic OH excluding ortho intramolecular Hbond substituents is 2. The summed E-state index contributed by atoms with van der Waals surface area (Å²) in [5.41, 5.74) is 7.61. The molecule has 0 saturated heterocycles. The summed E-state index contributed by atoms with van der Waals surface area (Å²) >= 11 is 0. The molecule has 0 aliphatic heterocycles. The van der Waals surface area contributed by atoms with Crippen LogP contribution in [0.3, 0.4) is 0 Å². The molecule has 0 heterocycles. The highest BCUT2D eigenvalue weighted by molar-refractivity contribution is 6.33. The number of aromatic hydroxyl groups is 2. The second-order valence-electron chi connectivity index (χ2n) is 18.6. The van der Waals surface area contributed by atoms with Gasteiger partial charge in [0.15, 0.2) is 0 Å². The predicted octanol–water partition coefficient (Wildman–Crippen LogP) is -0.934. The molecule has 0 bridgehead atoms. The van der Waals surface area contributed by atoms with Crippen LogP contribution in [-0.4, -0.2) is 143 Å². The molecule has 0 unspecified atom stereocenters. The number of nitrogens with two attached hydrogens (primary N) is 2. The van der Waals surface area contributed by atoms with Gasteiger partial charge < -0.3 is 73.7 Å². The standard InChI is InChI=1S/C46H66N10O14/c1-21(39(47)63)53-41(65)23(3)55-43(67)27(19-31(59)69-45(5,6)7)51-17-15-49-25-11-12-26(34-33(25)37(61)35-29(57)13-14-30(58)36(35)38(34)62)50-16-18-52-28(20-32(60)70-46(8,9)10)44(68)56-24(4)42(66)54-22(2)40(48)64/h11-14,21-24,27-28,49-52,57-58H,15-20H2,1-10H3,(H2,47,63)(H2,48,64)(H,53,65)(H,54,66)(H,55,67)(H,56,68)/t21-,22-,23-,24-,27-,28-/m0/s1. The summed E-state index contributed by atoms with van der Waals surface area (Å²) < 4.78 is 10.8. The Kier molecular flexibility index (Phi) is 19.8. The normalized spacial score (nSPS) is 14.7. The van der Waals surface area contributed by atoms with E-state index in [0.717, 1.165) is 12.1 Å². The maximum Gasteiger partial charge on any atom is 0.308 e. The monoisotopic (exact) mass is 982 g/mol. The van der Waals surface area contributed by atoms with Crippen molar-refractivity contribution < 1.29 is 67.6 Å². The minimum atomic E-state index is -1.25. The van der Waals surface area contributed by atoms with Gasteiger partial charge in [0.05, 0.1) is 47.2 Å². The molecule has 0 aromatic heterocycles. The average Bonchev–Trinajstić information content (AvgIpc) is 3.23. The third-order valence-corrected chi connectivity index (χ3v) is 10.2. The van der Waals surface area contributed by atoms with Crippen LogP contribution in [0.2, 0.25) is 0 Å². The third kappa shape index (κ3) is 16.4. The molecule has 1 aliphatic rings. The van der Waals surface area contributed by atoms with Gasteiger partial charge in [-0.25, -0.2) is 0 Å². The maximum absolute atomic E-state index is 14.2. The van der Waals surface area contributed by atoms with Gasteiger partial charge in [0, 0.05) is 37.6 Å². The Balaban J connectivity index is 1.88. The first-order valence-corrected chi connectivity index (χ1v) is 22.4. The van der Waals surface area contributed by atoms with Crippen molar-refractivity contribution in [2.75, 3.05) is 36.8 Å². The van der Waals surface area contributed by atoms with Crippen molar-refractivity contribution in [3.8, 4) is 11.5 Å². The van der Waals surface area contributed by atoms with Crippen molar-refractivity contribution in [3.63, 3.8) is 0 Å². The molecule has 0 spiro atoms. The summed E-state index contributed by atoms with van der Waals surface area (Å²) in [4.78, 5) is 129. The largest absolute Gasteiger partial charge is 0.507 e. The van der Waals surface area contributed by atoms with Gasteiger partial charge in [-0.15, -0.1) is 0 Å². The number of phenols is 2. The molecular formula is C46H66N10O14. The zero-order valence-electron chi connectivity index (χ0n) is 41.0. The number of ether oxygens (including phenoxy) is 2. The smallest absolute Gasteiger partial charge is 0.308 e. The van der Waals surface area contributed by atoms with E-state index < -0.39 is 142 Å². The van der Waals surface area contributed by atoms with Crippen molar-refractivity contribution in [3.05, 3.63) is 46.5 Å². The Morgan fingerprint density at radius 3 is 1.11 bits per heavy atom. The molecule has 70 heavy (non-hydrogen) atoms. The number of carbonyl (C=O) groups excluding carboxylic acids is 10. The highest BCUT2D eigenvalue weighted by Crippen LogP contribution is 2.42. The summed E-state index contributed by atoms with van der Waals surface area (Å²) in [6, 6.07) is -1.81. The highest BCUT2D eigenvalue weighted by Gasteiger charge is 2.38. The molecule has 384 valence electrons. The lowest BCUT2D eigenvalue weighted by molar-refractivity contribution is -0.157. The minimum absolute atomic E-state index is 0.0424. The fraction of sp³-hybridized carbons (Fsp3) is 0.522. The Morgan fingerprint density at radius 2 is 0.814 bits per heavy atom. The average molecular weight is 983 g/mol. The molecular weight excluding hydrogens is 917 g/mol. The van der Waals surface area contributed by atoms with E-state index in [0.29, 0.717) is 0 Å². The summed E-state index contributed by atoms with van der Waals surface area (Å²) in [6.07, 6.45) is -0.931. The van der Waals surface area contributed by atoms with Gasteiger partial charge in [-0.3, -0.25) is 47.9 Å². The molecule has 14 N–H and O–H groups in total. The number of hydrogen-bond donors (Lipinski definition) is 12. The van der Waals surface area contributed by atoms with Gasteiger partial charge in [0.25, 0.3) is 0 Å². The van der Waals surface area contributed by atoms with E-state index in [2.05, 4.69) is 42.5 Å². The Hall–Kier alpha value is -7.34. The molecule has 6 amide bonds. The Bertz CT molecular complexity index is 2200.